The lowest BCUT2D eigenvalue weighted by atomic mass is 9.89. The highest BCUT2D eigenvalue weighted by atomic mass is 19.1. The van der Waals surface area contributed by atoms with E-state index in [-0.39, 0.29) is 17.8 Å². The summed E-state index contributed by atoms with van der Waals surface area (Å²) in [5, 5.41) is 10.00. The number of likely N-dealkylation sites (tertiary alicyclic amines) is 1. The largest absolute Gasteiger partial charge is 0.393 e. The van der Waals surface area contributed by atoms with Crippen molar-refractivity contribution < 1.29 is 9.50 Å². The zero-order valence-electron chi connectivity index (χ0n) is 10.3. The van der Waals surface area contributed by atoms with Gasteiger partial charge in [-0.3, -0.25) is 0 Å². The van der Waals surface area contributed by atoms with Gasteiger partial charge in [-0.15, -0.1) is 0 Å². The molecule has 1 aromatic rings. The van der Waals surface area contributed by atoms with Crippen LogP contribution in [0.4, 0.5) is 4.39 Å². The molecule has 0 aromatic heterocycles. The van der Waals surface area contributed by atoms with E-state index in [0.29, 0.717) is 0 Å². The van der Waals surface area contributed by atoms with Crippen LogP contribution in [0.3, 0.4) is 0 Å². The normalized spacial score (nSPS) is 26.1. The van der Waals surface area contributed by atoms with Gasteiger partial charge in [-0.25, -0.2) is 4.39 Å². The third-order valence-electron chi connectivity index (χ3n) is 3.64. The number of hydrogen-bond donors (Lipinski definition) is 1. The van der Waals surface area contributed by atoms with Crippen LogP contribution in [-0.4, -0.2) is 35.7 Å². The van der Waals surface area contributed by atoms with Crippen molar-refractivity contribution in [2.75, 3.05) is 19.6 Å². The summed E-state index contributed by atoms with van der Waals surface area (Å²) < 4.78 is 12.8. The van der Waals surface area contributed by atoms with Gasteiger partial charge in [0.1, 0.15) is 5.82 Å². The van der Waals surface area contributed by atoms with E-state index in [9.17, 15) is 9.50 Å². The van der Waals surface area contributed by atoms with Gasteiger partial charge in [0.25, 0.3) is 0 Å². The number of hydrogen-bond acceptors (Lipinski definition) is 2. The first-order valence-corrected chi connectivity index (χ1v) is 6.34. The third kappa shape index (κ3) is 3.27. The van der Waals surface area contributed by atoms with E-state index >= 15 is 0 Å². The lowest BCUT2D eigenvalue weighted by Gasteiger charge is -2.35. The van der Waals surface area contributed by atoms with Gasteiger partial charge in [-0.1, -0.05) is 19.1 Å². The first kappa shape index (κ1) is 12.5. The standard InChI is InChI=1S/C14H20FNO/c1-2-16-8-7-14(17)12(10-16)9-11-3-5-13(15)6-4-11/h3-6,12,14,17H,2,7-10H2,1H3. The molecule has 1 fully saturated rings. The van der Waals surface area contributed by atoms with Crippen molar-refractivity contribution >= 4 is 0 Å². The molecule has 2 unspecified atom stereocenters. The molecule has 0 bridgehead atoms. The molecule has 2 rings (SSSR count). The van der Waals surface area contributed by atoms with E-state index in [1.807, 2.05) is 12.1 Å². The van der Waals surface area contributed by atoms with Crippen molar-refractivity contribution in [2.45, 2.75) is 25.9 Å². The van der Waals surface area contributed by atoms with Crippen LogP contribution in [0.1, 0.15) is 18.9 Å². The Morgan fingerprint density at radius 3 is 2.71 bits per heavy atom. The minimum Gasteiger partial charge on any atom is -0.393 e. The summed E-state index contributed by atoms with van der Waals surface area (Å²) in [7, 11) is 0. The fourth-order valence-corrected chi connectivity index (χ4v) is 2.51. The Kier molecular flexibility index (Phi) is 4.13. The Bertz CT molecular complexity index is 352. The molecule has 2 nitrogen and oxygen atoms in total. The monoisotopic (exact) mass is 237 g/mol. The van der Waals surface area contributed by atoms with Crippen LogP contribution in [0.2, 0.25) is 0 Å². The molecule has 1 heterocycles. The second kappa shape index (κ2) is 5.61. The van der Waals surface area contributed by atoms with Gasteiger partial charge in [-0.2, -0.15) is 0 Å². The fraction of sp³-hybridized carbons (Fsp3) is 0.571. The summed E-state index contributed by atoms with van der Waals surface area (Å²) >= 11 is 0. The van der Waals surface area contributed by atoms with E-state index in [1.165, 1.54) is 12.1 Å². The summed E-state index contributed by atoms with van der Waals surface area (Å²) in [6, 6.07) is 6.60. The average molecular weight is 237 g/mol. The fourth-order valence-electron chi connectivity index (χ4n) is 2.51. The molecule has 94 valence electrons. The van der Waals surface area contributed by atoms with Crippen LogP contribution in [0.5, 0.6) is 0 Å². The van der Waals surface area contributed by atoms with Crippen molar-refractivity contribution in [1.29, 1.82) is 0 Å². The van der Waals surface area contributed by atoms with E-state index in [4.69, 9.17) is 0 Å². The van der Waals surface area contributed by atoms with E-state index < -0.39 is 0 Å². The number of halogens is 1. The number of rotatable bonds is 3. The molecule has 0 radical (unpaired) electrons. The number of nitrogens with zero attached hydrogens (tertiary/aromatic N) is 1. The molecular weight excluding hydrogens is 217 g/mol. The van der Waals surface area contributed by atoms with Crippen LogP contribution in [0, 0.1) is 11.7 Å². The molecule has 1 N–H and O–H groups in total. The lowest BCUT2D eigenvalue weighted by molar-refractivity contribution is 0.0290. The molecule has 3 heteroatoms. The van der Waals surface area contributed by atoms with Gasteiger partial charge in [0.05, 0.1) is 6.10 Å². The quantitative estimate of drug-likeness (QED) is 0.870. The minimum absolute atomic E-state index is 0.201. The van der Waals surface area contributed by atoms with Crippen LogP contribution in [-0.2, 0) is 6.42 Å². The molecule has 2 atom stereocenters. The van der Waals surface area contributed by atoms with Crippen LogP contribution in [0.25, 0.3) is 0 Å². The van der Waals surface area contributed by atoms with Gasteiger partial charge in [0.15, 0.2) is 0 Å². The molecule has 0 aliphatic carbocycles. The summed E-state index contributed by atoms with van der Waals surface area (Å²) in [5.74, 6) is 0.0716. The smallest absolute Gasteiger partial charge is 0.123 e. The summed E-state index contributed by atoms with van der Waals surface area (Å²) in [6.45, 7) is 5.10. The first-order chi connectivity index (χ1) is 8.19. The topological polar surface area (TPSA) is 23.5 Å². The highest BCUT2D eigenvalue weighted by molar-refractivity contribution is 5.17. The average Bonchev–Trinajstić information content (AvgIpc) is 2.35. The Morgan fingerprint density at radius 1 is 1.35 bits per heavy atom. The lowest BCUT2D eigenvalue weighted by Crippen LogP contribution is -2.43. The zero-order chi connectivity index (χ0) is 12.3. The summed E-state index contributed by atoms with van der Waals surface area (Å²) in [6.07, 6.45) is 1.46. The molecule has 0 amide bonds. The highest BCUT2D eigenvalue weighted by Gasteiger charge is 2.26. The van der Waals surface area contributed by atoms with Crippen molar-refractivity contribution in [3.63, 3.8) is 0 Å². The Balaban J connectivity index is 1.98. The molecule has 1 saturated heterocycles. The van der Waals surface area contributed by atoms with Crippen LogP contribution in [0.15, 0.2) is 24.3 Å². The minimum atomic E-state index is -0.220. The number of benzene rings is 1. The highest BCUT2D eigenvalue weighted by Crippen LogP contribution is 2.21. The van der Waals surface area contributed by atoms with E-state index in [2.05, 4.69) is 11.8 Å². The summed E-state index contributed by atoms with van der Waals surface area (Å²) in [5.41, 5.74) is 1.11. The maximum Gasteiger partial charge on any atom is 0.123 e. The van der Waals surface area contributed by atoms with Crippen LogP contribution < -0.4 is 0 Å². The van der Waals surface area contributed by atoms with Crippen molar-refractivity contribution in [1.82, 2.24) is 4.90 Å². The number of aliphatic hydroxyl groups excluding tert-OH is 1. The number of aliphatic hydroxyl groups is 1. The Hall–Kier alpha value is -0.930. The van der Waals surface area contributed by atoms with Gasteiger partial charge >= 0.3 is 0 Å². The van der Waals surface area contributed by atoms with Gasteiger partial charge in [-0.05, 0) is 37.1 Å². The molecule has 0 saturated carbocycles. The van der Waals surface area contributed by atoms with Gasteiger partial charge in [0, 0.05) is 19.0 Å². The predicted octanol–water partition coefficient (Wildman–Crippen LogP) is 2.07. The first-order valence-electron chi connectivity index (χ1n) is 6.34. The second-order valence-electron chi connectivity index (χ2n) is 4.84. The SMILES string of the molecule is CCN1CCC(O)C(Cc2ccc(F)cc2)C1. The molecular formula is C14H20FNO. The molecule has 1 aliphatic rings. The Labute approximate surface area is 102 Å². The molecule has 17 heavy (non-hydrogen) atoms. The van der Waals surface area contributed by atoms with Gasteiger partial charge < -0.3 is 10.0 Å². The van der Waals surface area contributed by atoms with Crippen LogP contribution >= 0.6 is 0 Å². The second-order valence-corrected chi connectivity index (χ2v) is 4.84. The van der Waals surface area contributed by atoms with Crippen molar-refractivity contribution in [2.24, 2.45) is 5.92 Å². The molecule has 0 spiro atoms. The molecule has 1 aromatic carbocycles. The van der Waals surface area contributed by atoms with Crippen molar-refractivity contribution in [3.05, 3.63) is 35.6 Å². The maximum atomic E-state index is 12.8. The van der Waals surface area contributed by atoms with Crippen molar-refractivity contribution in [3.8, 4) is 0 Å². The maximum absolute atomic E-state index is 12.8. The number of piperidine rings is 1. The van der Waals surface area contributed by atoms with Gasteiger partial charge in [0.2, 0.25) is 0 Å². The Morgan fingerprint density at radius 2 is 2.06 bits per heavy atom. The summed E-state index contributed by atoms with van der Waals surface area (Å²) in [4.78, 5) is 2.36. The molecule has 1 aliphatic heterocycles. The third-order valence-corrected chi connectivity index (χ3v) is 3.64. The van der Waals surface area contributed by atoms with E-state index in [1.54, 1.807) is 0 Å². The zero-order valence-corrected chi connectivity index (χ0v) is 10.3. The predicted molar refractivity (Wildman–Crippen MR) is 66.3 cm³/mol. The van der Waals surface area contributed by atoms with E-state index in [0.717, 1.165) is 38.0 Å².